The van der Waals surface area contributed by atoms with Crippen molar-refractivity contribution in [3.05, 3.63) is 47.4 Å². The van der Waals surface area contributed by atoms with Gasteiger partial charge in [-0.15, -0.1) is 0 Å². The summed E-state index contributed by atoms with van der Waals surface area (Å²) in [6, 6.07) is 9.82. The van der Waals surface area contributed by atoms with Crippen molar-refractivity contribution in [1.29, 1.82) is 0 Å². The second kappa shape index (κ2) is 6.82. The maximum atomic E-state index is 12.4. The van der Waals surface area contributed by atoms with Crippen molar-refractivity contribution in [2.45, 2.75) is 59.4 Å². The fourth-order valence-corrected chi connectivity index (χ4v) is 2.54. The summed E-state index contributed by atoms with van der Waals surface area (Å²) in [5.41, 5.74) is 2.21. The number of amides is 1. The highest BCUT2D eigenvalue weighted by molar-refractivity contribution is 5.93. The van der Waals surface area contributed by atoms with Gasteiger partial charge in [-0.3, -0.25) is 4.79 Å². The van der Waals surface area contributed by atoms with Gasteiger partial charge in [0, 0.05) is 17.3 Å². The molecular formula is C20H28N4O. The van der Waals surface area contributed by atoms with E-state index < -0.39 is 0 Å². The van der Waals surface area contributed by atoms with Crippen molar-refractivity contribution < 1.29 is 4.79 Å². The molecule has 134 valence electrons. The molecule has 25 heavy (non-hydrogen) atoms. The number of hydrogen-bond acceptors (Lipinski definition) is 4. The number of nitrogens with one attached hydrogen (secondary N) is 2. The summed E-state index contributed by atoms with van der Waals surface area (Å²) in [4.78, 5) is 21.1. The molecule has 5 heteroatoms. The van der Waals surface area contributed by atoms with E-state index in [0.29, 0.717) is 17.3 Å². The molecule has 0 radical (unpaired) electrons. The third-order valence-corrected chi connectivity index (χ3v) is 3.56. The molecule has 2 rings (SSSR count). The Bertz CT molecular complexity index is 770. The zero-order valence-electron chi connectivity index (χ0n) is 16.2. The number of aromatic nitrogens is 2. The lowest BCUT2D eigenvalue weighted by Crippen LogP contribution is -2.41. The number of nitrogens with zero attached hydrogens (tertiary/aromatic N) is 2. The lowest BCUT2D eigenvalue weighted by atomic mass is 9.86. The summed E-state index contributed by atoms with van der Waals surface area (Å²) in [6.45, 7) is 14.1. The highest BCUT2D eigenvalue weighted by Crippen LogP contribution is 2.30. The minimum Gasteiger partial charge on any atom is -0.346 e. The van der Waals surface area contributed by atoms with Crippen LogP contribution in [0.25, 0.3) is 0 Å². The van der Waals surface area contributed by atoms with Gasteiger partial charge in [0.1, 0.15) is 17.3 Å². The van der Waals surface area contributed by atoms with Crippen molar-refractivity contribution in [2.24, 2.45) is 0 Å². The molecule has 0 saturated carbocycles. The van der Waals surface area contributed by atoms with Gasteiger partial charge in [0.25, 0.3) is 5.91 Å². The highest BCUT2D eigenvalue weighted by atomic mass is 16.2. The SMILES string of the molecule is Cc1nc(Nc2ccccc2C(C)(C)C)cc(C(=O)NC(C)(C)C)n1. The van der Waals surface area contributed by atoms with E-state index in [1.54, 1.807) is 13.0 Å². The topological polar surface area (TPSA) is 66.9 Å². The summed E-state index contributed by atoms with van der Waals surface area (Å²) < 4.78 is 0. The van der Waals surface area contributed by atoms with Crippen LogP contribution in [-0.2, 0) is 5.41 Å². The zero-order valence-corrected chi connectivity index (χ0v) is 16.2. The van der Waals surface area contributed by atoms with E-state index in [9.17, 15) is 4.79 Å². The number of hydrogen-bond donors (Lipinski definition) is 2. The summed E-state index contributed by atoms with van der Waals surface area (Å²) in [5, 5.41) is 6.28. The second-order valence-corrected chi connectivity index (χ2v) is 8.31. The molecule has 0 aliphatic heterocycles. The molecule has 0 saturated heterocycles. The zero-order chi connectivity index (χ0) is 18.8. The molecule has 0 aliphatic carbocycles. The second-order valence-electron chi connectivity index (χ2n) is 8.31. The molecule has 0 atom stereocenters. The van der Waals surface area contributed by atoms with E-state index in [1.807, 2.05) is 39.0 Å². The predicted molar refractivity (Wildman–Crippen MR) is 102 cm³/mol. The number of carbonyl (C=O) groups excluding carboxylic acids is 1. The fourth-order valence-electron chi connectivity index (χ4n) is 2.54. The van der Waals surface area contributed by atoms with Crippen molar-refractivity contribution in [3.8, 4) is 0 Å². The largest absolute Gasteiger partial charge is 0.346 e. The van der Waals surface area contributed by atoms with Crippen LogP contribution in [0.2, 0.25) is 0 Å². The van der Waals surface area contributed by atoms with Crippen molar-refractivity contribution in [1.82, 2.24) is 15.3 Å². The van der Waals surface area contributed by atoms with Gasteiger partial charge < -0.3 is 10.6 Å². The Hall–Kier alpha value is -2.43. The Balaban J connectivity index is 2.35. The van der Waals surface area contributed by atoms with Crippen LogP contribution in [0.5, 0.6) is 0 Å². The number of aryl methyl sites for hydroxylation is 1. The van der Waals surface area contributed by atoms with E-state index in [0.717, 1.165) is 5.69 Å². The van der Waals surface area contributed by atoms with Crippen molar-refractivity contribution in [2.75, 3.05) is 5.32 Å². The first kappa shape index (κ1) is 18.9. The summed E-state index contributed by atoms with van der Waals surface area (Å²) in [5.74, 6) is 0.964. The van der Waals surface area contributed by atoms with E-state index in [4.69, 9.17) is 0 Å². The van der Waals surface area contributed by atoms with Crippen LogP contribution < -0.4 is 10.6 Å². The summed E-state index contributed by atoms with van der Waals surface area (Å²) in [6.07, 6.45) is 0. The Morgan fingerprint density at radius 2 is 1.64 bits per heavy atom. The molecule has 0 fully saturated rings. The molecule has 2 aromatic rings. The van der Waals surface area contributed by atoms with E-state index in [-0.39, 0.29) is 16.9 Å². The maximum absolute atomic E-state index is 12.4. The lowest BCUT2D eigenvalue weighted by Gasteiger charge is -2.23. The Kier molecular flexibility index (Phi) is 5.16. The van der Waals surface area contributed by atoms with Crippen LogP contribution in [0, 0.1) is 6.92 Å². The summed E-state index contributed by atoms with van der Waals surface area (Å²) in [7, 11) is 0. The van der Waals surface area contributed by atoms with Crippen LogP contribution in [0.3, 0.4) is 0 Å². The Morgan fingerprint density at radius 1 is 1.00 bits per heavy atom. The third-order valence-electron chi connectivity index (χ3n) is 3.56. The van der Waals surface area contributed by atoms with Gasteiger partial charge in [-0.25, -0.2) is 9.97 Å². The van der Waals surface area contributed by atoms with Gasteiger partial charge in [-0.05, 0) is 44.7 Å². The smallest absolute Gasteiger partial charge is 0.270 e. The quantitative estimate of drug-likeness (QED) is 0.871. The molecule has 1 aromatic carbocycles. The molecule has 1 heterocycles. The normalized spacial score (nSPS) is 12.0. The van der Waals surface area contributed by atoms with Gasteiger partial charge in [0.15, 0.2) is 0 Å². The molecule has 0 bridgehead atoms. The predicted octanol–water partition coefficient (Wildman–Crippen LogP) is 4.35. The molecule has 0 spiro atoms. The molecule has 2 N–H and O–H groups in total. The minimum absolute atomic E-state index is 0.00188. The third kappa shape index (κ3) is 5.28. The average Bonchev–Trinajstić information content (AvgIpc) is 2.44. The van der Waals surface area contributed by atoms with Crippen LogP contribution in [0.15, 0.2) is 30.3 Å². The van der Waals surface area contributed by atoms with Gasteiger partial charge >= 0.3 is 0 Å². The number of rotatable bonds is 3. The first-order valence-corrected chi connectivity index (χ1v) is 8.50. The van der Waals surface area contributed by atoms with Gasteiger partial charge in [0.05, 0.1) is 0 Å². The Morgan fingerprint density at radius 3 is 2.24 bits per heavy atom. The van der Waals surface area contributed by atoms with Crippen LogP contribution in [0.1, 0.15) is 63.4 Å². The highest BCUT2D eigenvalue weighted by Gasteiger charge is 2.20. The van der Waals surface area contributed by atoms with E-state index >= 15 is 0 Å². The van der Waals surface area contributed by atoms with Crippen LogP contribution in [0.4, 0.5) is 11.5 Å². The fraction of sp³-hybridized carbons (Fsp3) is 0.450. The van der Waals surface area contributed by atoms with Gasteiger partial charge in [0.2, 0.25) is 0 Å². The molecule has 0 aliphatic rings. The standard InChI is InChI=1S/C20H28N4O/c1-13-21-16(18(25)24-20(5,6)7)12-17(22-13)23-15-11-9-8-10-14(15)19(2,3)4/h8-12H,1-7H3,(H,24,25)(H,21,22,23). The molecule has 0 unspecified atom stereocenters. The lowest BCUT2D eigenvalue weighted by molar-refractivity contribution is 0.0914. The number of benzene rings is 1. The molecule has 5 nitrogen and oxygen atoms in total. The first-order valence-electron chi connectivity index (χ1n) is 8.50. The number of carbonyl (C=O) groups is 1. The Labute approximate surface area is 150 Å². The van der Waals surface area contributed by atoms with Crippen LogP contribution in [-0.4, -0.2) is 21.4 Å². The molecule has 1 aromatic heterocycles. The van der Waals surface area contributed by atoms with Crippen molar-refractivity contribution in [3.63, 3.8) is 0 Å². The summed E-state index contributed by atoms with van der Waals surface area (Å²) >= 11 is 0. The first-order chi connectivity index (χ1) is 11.5. The number of para-hydroxylation sites is 1. The minimum atomic E-state index is -0.317. The van der Waals surface area contributed by atoms with E-state index in [2.05, 4.69) is 47.4 Å². The van der Waals surface area contributed by atoms with E-state index in [1.165, 1.54) is 5.56 Å². The van der Waals surface area contributed by atoms with Crippen molar-refractivity contribution >= 4 is 17.4 Å². The van der Waals surface area contributed by atoms with Gasteiger partial charge in [-0.1, -0.05) is 39.0 Å². The van der Waals surface area contributed by atoms with Gasteiger partial charge in [-0.2, -0.15) is 0 Å². The monoisotopic (exact) mass is 340 g/mol. The molecular weight excluding hydrogens is 312 g/mol. The molecule has 1 amide bonds. The number of anilines is 2. The average molecular weight is 340 g/mol. The maximum Gasteiger partial charge on any atom is 0.270 e. The van der Waals surface area contributed by atoms with Crippen LogP contribution >= 0.6 is 0 Å².